The summed E-state index contributed by atoms with van der Waals surface area (Å²) in [6, 6.07) is 49.0. The van der Waals surface area contributed by atoms with E-state index in [1.807, 2.05) is 12.1 Å². The van der Waals surface area contributed by atoms with Gasteiger partial charge < -0.3 is 10.6 Å². The summed E-state index contributed by atoms with van der Waals surface area (Å²) in [7, 11) is 0. The van der Waals surface area contributed by atoms with Gasteiger partial charge in [-0.3, -0.25) is 0 Å². The van der Waals surface area contributed by atoms with E-state index >= 15 is 0 Å². The van der Waals surface area contributed by atoms with Gasteiger partial charge in [0.2, 0.25) is 0 Å². The molecule has 6 aromatic carbocycles. The molecule has 0 aliphatic rings. The molecule has 0 radical (unpaired) electrons. The van der Waals surface area contributed by atoms with E-state index in [0.29, 0.717) is 0 Å². The van der Waals surface area contributed by atoms with Gasteiger partial charge in [0.15, 0.2) is 0 Å². The van der Waals surface area contributed by atoms with E-state index in [1.54, 1.807) is 0 Å². The van der Waals surface area contributed by atoms with Gasteiger partial charge in [0.25, 0.3) is 0 Å². The van der Waals surface area contributed by atoms with Crippen molar-refractivity contribution in [1.29, 1.82) is 0 Å². The quantitative estimate of drug-likeness (QED) is 0.200. The van der Waals surface area contributed by atoms with Crippen molar-refractivity contribution < 1.29 is 0 Å². The van der Waals surface area contributed by atoms with Crippen LogP contribution in [0.2, 0.25) is 0 Å². The summed E-state index contributed by atoms with van der Waals surface area (Å²) < 4.78 is 0. The number of rotatable bonds is 8. The van der Waals surface area contributed by atoms with E-state index < -0.39 is 0 Å². The molecule has 0 aliphatic carbocycles. The minimum Gasteiger partial charge on any atom is -0.355 e. The average Bonchev–Trinajstić information content (AvgIpc) is 3.03. The fourth-order valence-electron chi connectivity index (χ4n) is 5.57. The van der Waals surface area contributed by atoms with Crippen LogP contribution in [0, 0.1) is 13.8 Å². The van der Waals surface area contributed by atoms with Crippen LogP contribution in [0.4, 0.5) is 22.7 Å². The molecule has 0 bridgehead atoms. The van der Waals surface area contributed by atoms with Crippen molar-refractivity contribution in [3.63, 3.8) is 0 Å². The van der Waals surface area contributed by atoms with Crippen LogP contribution < -0.4 is 10.6 Å². The summed E-state index contributed by atoms with van der Waals surface area (Å²) >= 11 is 0. The molecular weight excluding hydrogens is 508 g/mol. The van der Waals surface area contributed by atoms with Crippen molar-refractivity contribution in [3.8, 4) is 33.4 Å². The second-order valence-corrected chi connectivity index (χ2v) is 10.5. The third kappa shape index (κ3) is 5.48. The Morgan fingerprint density at radius 2 is 1.12 bits per heavy atom. The van der Waals surface area contributed by atoms with Crippen molar-refractivity contribution >= 4 is 28.8 Å². The molecular formula is C40H34N2. The Bertz CT molecular complexity index is 1850. The molecule has 0 atom stereocenters. The van der Waals surface area contributed by atoms with Crippen molar-refractivity contribution in [1.82, 2.24) is 0 Å². The molecule has 42 heavy (non-hydrogen) atoms. The number of hydrogen-bond donors (Lipinski definition) is 2. The van der Waals surface area contributed by atoms with Gasteiger partial charge in [0.05, 0.1) is 5.69 Å². The third-order valence-corrected chi connectivity index (χ3v) is 7.74. The minimum absolute atomic E-state index is 1.02. The van der Waals surface area contributed by atoms with Gasteiger partial charge in [0.1, 0.15) is 0 Å². The van der Waals surface area contributed by atoms with Crippen LogP contribution in [0.5, 0.6) is 0 Å². The van der Waals surface area contributed by atoms with Gasteiger partial charge in [-0.1, -0.05) is 122 Å². The molecule has 0 aliphatic heterocycles. The maximum Gasteiger partial charge on any atom is 0.0564 e. The number of anilines is 4. The van der Waals surface area contributed by atoms with Crippen LogP contribution in [-0.2, 0) is 0 Å². The summed E-state index contributed by atoms with van der Waals surface area (Å²) in [6.45, 7) is 8.42. The van der Waals surface area contributed by atoms with Crippen molar-refractivity contribution in [2.45, 2.75) is 13.8 Å². The Morgan fingerprint density at radius 1 is 0.500 bits per heavy atom. The molecule has 0 spiro atoms. The van der Waals surface area contributed by atoms with E-state index in [9.17, 15) is 0 Å². The van der Waals surface area contributed by atoms with Crippen molar-refractivity contribution in [2.24, 2.45) is 0 Å². The molecule has 6 rings (SSSR count). The number of nitrogens with one attached hydrogen (secondary N) is 2. The van der Waals surface area contributed by atoms with Gasteiger partial charge in [-0.25, -0.2) is 0 Å². The molecule has 0 fully saturated rings. The van der Waals surface area contributed by atoms with Gasteiger partial charge in [0, 0.05) is 28.2 Å². The molecule has 0 saturated heterocycles. The van der Waals surface area contributed by atoms with Gasteiger partial charge in [-0.05, 0) is 83.1 Å². The Morgan fingerprint density at radius 3 is 1.79 bits per heavy atom. The lowest BCUT2D eigenvalue weighted by Crippen LogP contribution is -2.02. The van der Waals surface area contributed by atoms with Crippen LogP contribution in [0.25, 0.3) is 39.5 Å². The van der Waals surface area contributed by atoms with Crippen molar-refractivity contribution in [3.05, 3.63) is 163 Å². The highest BCUT2D eigenvalue weighted by molar-refractivity contribution is 6.00. The van der Waals surface area contributed by atoms with E-state index in [1.165, 1.54) is 22.3 Å². The largest absolute Gasteiger partial charge is 0.355 e. The predicted molar refractivity (Wildman–Crippen MR) is 182 cm³/mol. The number of benzene rings is 6. The fourth-order valence-corrected chi connectivity index (χ4v) is 5.57. The van der Waals surface area contributed by atoms with Crippen LogP contribution in [0.3, 0.4) is 0 Å². The molecule has 2 heteroatoms. The number of para-hydroxylation sites is 1. The van der Waals surface area contributed by atoms with Gasteiger partial charge in [-0.15, -0.1) is 0 Å². The first kappa shape index (κ1) is 26.9. The summed E-state index contributed by atoms with van der Waals surface area (Å²) in [5.74, 6) is 0. The van der Waals surface area contributed by atoms with Gasteiger partial charge >= 0.3 is 0 Å². The second-order valence-electron chi connectivity index (χ2n) is 10.5. The van der Waals surface area contributed by atoms with E-state index in [4.69, 9.17) is 0 Å². The molecule has 2 N–H and O–H groups in total. The van der Waals surface area contributed by atoms with Crippen LogP contribution >= 0.6 is 0 Å². The Hall–Kier alpha value is -5.34. The number of hydrogen-bond acceptors (Lipinski definition) is 2. The minimum atomic E-state index is 1.02. The van der Waals surface area contributed by atoms with Gasteiger partial charge in [-0.2, -0.15) is 0 Å². The highest BCUT2D eigenvalue weighted by Gasteiger charge is 2.19. The molecule has 0 aromatic heterocycles. The molecule has 0 unspecified atom stereocenters. The summed E-state index contributed by atoms with van der Waals surface area (Å²) in [6.07, 6.45) is 1.93. The topological polar surface area (TPSA) is 24.1 Å². The number of aryl methyl sites for hydroxylation is 2. The summed E-state index contributed by atoms with van der Waals surface area (Å²) in [4.78, 5) is 0. The lowest BCUT2D eigenvalue weighted by Gasteiger charge is -2.23. The standard InChI is InChI=1S/C40H34N2/c1-4-30-23-24-33(27-37(30)34-21-13-11-15-28(34)2)41-38-26-25-36(31-17-7-5-8-18-31)40(42-32-19-9-6-10-20-32)39(38)35-22-14-12-16-29(35)3/h4-27,41-42H,1H2,2-3H3. The summed E-state index contributed by atoms with van der Waals surface area (Å²) in [5, 5.41) is 7.61. The first-order valence-electron chi connectivity index (χ1n) is 14.3. The zero-order valence-electron chi connectivity index (χ0n) is 24.1. The second kappa shape index (κ2) is 12.0. The Balaban J connectivity index is 1.56. The maximum atomic E-state index is 4.09. The zero-order valence-corrected chi connectivity index (χ0v) is 24.1. The molecule has 2 nitrogen and oxygen atoms in total. The van der Waals surface area contributed by atoms with E-state index in [2.05, 4.69) is 165 Å². The average molecular weight is 543 g/mol. The Labute approximate surface area is 249 Å². The van der Waals surface area contributed by atoms with Crippen LogP contribution in [0.1, 0.15) is 16.7 Å². The lowest BCUT2D eigenvalue weighted by atomic mass is 9.91. The SMILES string of the molecule is C=Cc1ccc(Nc2ccc(-c3ccccc3)c(Nc3ccccc3)c2-c2ccccc2C)cc1-c1ccccc1C. The maximum absolute atomic E-state index is 4.09. The smallest absolute Gasteiger partial charge is 0.0564 e. The highest BCUT2D eigenvalue weighted by Crippen LogP contribution is 2.45. The Kier molecular flexibility index (Phi) is 7.70. The lowest BCUT2D eigenvalue weighted by molar-refractivity contribution is 1.43. The predicted octanol–water partition coefficient (Wildman–Crippen LogP) is 11.4. The van der Waals surface area contributed by atoms with Crippen LogP contribution in [0.15, 0.2) is 146 Å². The molecule has 0 heterocycles. The zero-order chi connectivity index (χ0) is 28.9. The van der Waals surface area contributed by atoms with Crippen molar-refractivity contribution in [2.75, 3.05) is 10.6 Å². The summed E-state index contributed by atoms with van der Waals surface area (Å²) in [5.41, 5.74) is 14.7. The molecule has 0 amide bonds. The van der Waals surface area contributed by atoms with E-state index in [-0.39, 0.29) is 0 Å². The first-order valence-corrected chi connectivity index (χ1v) is 14.3. The molecule has 6 aromatic rings. The monoisotopic (exact) mass is 542 g/mol. The first-order chi connectivity index (χ1) is 20.6. The normalized spacial score (nSPS) is 10.7. The van der Waals surface area contributed by atoms with E-state index in [0.717, 1.165) is 50.6 Å². The molecule has 204 valence electrons. The third-order valence-electron chi connectivity index (χ3n) is 7.74. The molecule has 0 saturated carbocycles. The highest BCUT2D eigenvalue weighted by atomic mass is 14.9. The van der Waals surface area contributed by atoms with Crippen LogP contribution in [-0.4, -0.2) is 0 Å². The fraction of sp³-hybridized carbons (Fsp3) is 0.0500.